The highest BCUT2D eigenvalue weighted by Crippen LogP contribution is 2.72. The summed E-state index contributed by atoms with van der Waals surface area (Å²) >= 11 is 0. The molecule has 1 aliphatic rings. The van der Waals surface area contributed by atoms with E-state index in [0.717, 1.165) is 5.52 Å². The molecule has 0 radical (unpaired) electrons. The van der Waals surface area contributed by atoms with Gasteiger partial charge >= 0.3 is 0 Å². The molecule has 0 amide bonds. The summed E-state index contributed by atoms with van der Waals surface area (Å²) < 4.78 is 0. The van der Waals surface area contributed by atoms with Gasteiger partial charge in [0.1, 0.15) is 0 Å². The predicted molar refractivity (Wildman–Crippen MR) is 82.9 cm³/mol. The normalized spacial score (nSPS) is 21.9. The highest BCUT2D eigenvalue weighted by molar-refractivity contribution is 5.82. The summed E-state index contributed by atoms with van der Waals surface area (Å²) in [6.45, 7) is 9.30. The maximum atomic E-state index is 5.91. The maximum Gasteiger partial charge on any atom is 0.0705 e. The number of benzene rings is 1. The first kappa shape index (κ1) is 13.5. The predicted octanol–water partition coefficient (Wildman–Crippen LogP) is 3.42. The number of aromatic nitrogens is 1. The third kappa shape index (κ3) is 1.70. The minimum atomic E-state index is 0.160. The Labute approximate surface area is 120 Å². The van der Waals surface area contributed by atoms with E-state index in [1.54, 1.807) is 0 Å². The lowest BCUT2D eigenvalue weighted by Crippen LogP contribution is -2.31. The number of hydrazine groups is 1. The van der Waals surface area contributed by atoms with Gasteiger partial charge in [-0.1, -0.05) is 45.9 Å². The first-order chi connectivity index (χ1) is 9.41. The first-order valence-electron chi connectivity index (χ1n) is 7.21. The van der Waals surface area contributed by atoms with Crippen molar-refractivity contribution in [3.8, 4) is 0 Å². The van der Waals surface area contributed by atoms with Crippen LogP contribution in [0.25, 0.3) is 10.9 Å². The van der Waals surface area contributed by atoms with Crippen molar-refractivity contribution in [2.45, 2.75) is 33.7 Å². The fourth-order valence-corrected chi connectivity index (χ4v) is 3.84. The molecular formula is C17H23N3. The average molecular weight is 269 g/mol. The van der Waals surface area contributed by atoms with Gasteiger partial charge in [0.15, 0.2) is 0 Å². The lowest BCUT2D eigenvalue weighted by atomic mass is 9.94. The number of nitrogens with one attached hydrogen (secondary N) is 1. The number of hydrogen-bond donors (Lipinski definition) is 2. The topological polar surface area (TPSA) is 50.9 Å². The van der Waals surface area contributed by atoms with Crippen LogP contribution in [0.15, 0.2) is 36.5 Å². The lowest BCUT2D eigenvalue weighted by Gasteiger charge is -2.20. The average Bonchev–Trinajstić information content (AvgIpc) is 2.83. The van der Waals surface area contributed by atoms with Gasteiger partial charge in [-0.3, -0.25) is 16.3 Å². The van der Waals surface area contributed by atoms with Crippen molar-refractivity contribution < 1.29 is 0 Å². The molecule has 0 aliphatic heterocycles. The Morgan fingerprint density at radius 3 is 2.40 bits per heavy atom. The highest BCUT2D eigenvalue weighted by atomic mass is 15.2. The molecule has 1 fully saturated rings. The van der Waals surface area contributed by atoms with Crippen LogP contribution in [0.4, 0.5) is 0 Å². The van der Waals surface area contributed by atoms with Crippen LogP contribution in [-0.2, 0) is 0 Å². The van der Waals surface area contributed by atoms with Gasteiger partial charge < -0.3 is 0 Å². The van der Waals surface area contributed by atoms with Crippen molar-refractivity contribution in [2.24, 2.45) is 22.6 Å². The van der Waals surface area contributed by atoms with Crippen molar-refractivity contribution in [3.05, 3.63) is 42.1 Å². The Bertz CT molecular complexity index is 626. The number of fused-ring (bicyclic) bond motifs is 1. The molecular weight excluding hydrogens is 246 g/mol. The zero-order valence-corrected chi connectivity index (χ0v) is 12.6. The highest BCUT2D eigenvalue weighted by Gasteiger charge is 2.67. The van der Waals surface area contributed by atoms with Crippen LogP contribution in [-0.4, -0.2) is 4.98 Å². The molecule has 1 saturated carbocycles. The first-order valence-corrected chi connectivity index (χ1v) is 7.21. The van der Waals surface area contributed by atoms with E-state index in [4.69, 9.17) is 5.84 Å². The van der Waals surface area contributed by atoms with E-state index in [-0.39, 0.29) is 16.9 Å². The van der Waals surface area contributed by atoms with Crippen LogP contribution in [0.3, 0.4) is 0 Å². The van der Waals surface area contributed by atoms with Crippen LogP contribution in [0.1, 0.15) is 39.3 Å². The zero-order valence-electron chi connectivity index (χ0n) is 12.6. The minimum Gasteiger partial charge on any atom is -0.271 e. The van der Waals surface area contributed by atoms with E-state index in [1.807, 2.05) is 12.3 Å². The van der Waals surface area contributed by atoms with Crippen molar-refractivity contribution in [3.63, 3.8) is 0 Å². The molecule has 3 N–H and O–H groups in total. The van der Waals surface area contributed by atoms with Crippen LogP contribution < -0.4 is 11.3 Å². The molecule has 3 heteroatoms. The van der Waals surface area contributed by atoms with E-state index >= 15 is 0 Å². The van der Waals surface area contributed by atoms with E-state index in [1.165, 1.54) is 10.9 Å². The van der Waals surface area contributed by atoms with Gasteiger partial charge in [0.2, 0.25) is 0 Å². The largest absolute Gasteiger partial charge is 0.271 e. The van der Waals surface area contributed by atoms with Gasteiger partial charge in [-0.2, -0.15) is 0 Å². The summed E-state index contributed by atoms with van der Waals surface area (Å²) in [5.41, 5.74) is 5.91. The quantitative estimate of drug-likeness (QED) is 0.663. The fraction of sp³-hybridized carbons (Fsp3) is 0.471. The van der Waals surface area contributed by atoms with E-state index in [9.17, 15) is 0 Å². The number of nitrogens with two attached hydrogens (primary N) is 1. The molecule has 106 valence electrons. The van der Waals surface area contributed by atoms with Gasteiger partial charge in [-0.15, -0.1) is 0 Å². The van der Waals surface area contributed by atoms with Crippen molar-refractivity contribution in [2.75, 3.05) is 0 Å². The van der Waals surface area contributed by atoms with Gasteiger partial charge in [0, 0.05) is 11.6 Å². The van der Waals surface area contributed by atoms with Crippen molar-refractivity contribution >= 4 is 10.9 Å². The van der Waals surface area contributed by atoms with Crippen molar-refractivity contribution in [1.29, 1.82) is 0 Å². The molecule has 1 aromatic carbocycles. The van der Waals surface area contributed by atoms with Gasteiger partial charge in [0.05, 0.1) is 11.6 Å². The zero-order chi connectivity index (χ0) is 14.5. The number of rotatable bonds is 3. The second-order valence-corrected chi connectivity index (χ2v) is 6.98. The molecule has 20 heavy (non-hydrogen) atoms. The maximum absolute atomic E-state index is 5.91. The summed E-state index contributed by atoms with van der Waals surface area (Å²) in [6, 6.07) is 10.6. The second kappa shape index (κ2) is 4.27. The minimum absolute atomic E-state index is 0.160. The van der Waals surface area contributed by atoms with Crippen LogP contribution in [0, 0.1) is 16.7 Å². The van der Waals surface area contributed by atoms with E-state index in [2.05, 4.69) is 62.4 Å². The standard InChI is InChI=1S/C17H23N3/c1-16(2)15(17(16,3)4)14(20-18)12-7-5-9-13-11(12)8-6-10-19-13/h5-10,14-15,20H,18H2,1-4H3. The van der Waals surface area contributed by atoms with Gasteiger partial charge in [-0.25, -0.2) is 0 Å². The summed E-state index contributed by atoms with van der Waals surface area (Å²) in [5.74, 6) is 6.43. The Morgan fingerprint density at radius 2 is 1.80 bits per heavy atom. The molecule has 1 atom stereocenters. The summed E-state index contributed by atoms with van der Waals surface area (Å²) in [7, 11) is 0. The smallest absolute Gasteiger partial charge is 0.0705 e. The Balaban J connectivity index is 2.10. The number of nitrogens with zero attached hydrogens (tertiary/aromatic N) is 1. The van der Waals surface area contributed by atoms with Crippen LogP contribution >= 0.6 is 0 Å². The number of hydrogen-bond acceptors (Lipinski definition) is 3. The Kier molecular flexibility index (Phi) is 2.89. The molecule has 2 aromatic rings. The third-order valence-corrected chi connectivity index (χ3v) is 5.66. The van der Waals surface area contributed by atoms with Gasteiger partial charge in [0.25, 0.3) is 0 Å². The molecule has 1 aromatic heterocycles. The molecule has 0 spiro atoms. The molecule has 3 nitrogen and oxygen atoms in total. The van der Waals surface area contributed by atoms with Gasteiger partial charge in [-0.05, 0) is 34.4 Å². The molecule has 0 saturated heterocycles. The molecule has 0 bridgehead atoms. The molecule has 3 rings (SSSR count). The van der Waals surface area contributed by atoms with Crippen molar-refractivity contribution in [1.82, 2.24) is 10.4 Å². The summed E-state index contributed by atoms with van der Waals surface area (Å²) in [5, 5.41) is 1.19. The summed E-state index contributed by atoms with van der Waals surface area (Å²) in [4.78, 5) is 4.44. The molecule has 1 aliphatic carbocycles. The lowest BCUT2D eigenvalue weighted by molar-refractivity contribution is 0.420. The van der Waals surface area contributed by atoms with Crippen LogP contribution in [0.2, 0.25) is 0 Å². The van der Waals surface area contributed by atoms with E-state index in [0.29, 0.717) is 5.92 Å². The monoisotopic (exact) mass is 269 g/mol. The SMILES string of the molecule is CC1(C)C(C(NN)c2cccc3ncccc23)C1(C)C. The Morgan fingerprint density at radius 1 is 1.10 bits per heavy atom. The van der Waals surface area contributed by atoms with Crippen LogP contribution in [0.5, 0.6) is 0 Å². The molecule has 1 heterocycles. The molecule has 1 unspecified atom stereocenters. The fourth-order valence-electron chi connectivity index (χ4n) is 3.84. The summed E-state index contributed by atoms with van der Waals surface area (Å²) in [6.07, 6.45) is 1.84. The van der Waals surface area contributed by atoms with E-state index < -0.39 is 0 Å². The third-order valence-electron chi connectivity index (χ3n) is 5.66. The Hall–Kier alpha value is -1.45. The second-order valence-electron chi connectivity index (χ2n) is 6.98. The number of pyridine rings is 1.